The Morgan fingerprint density at radius 3 is 2.21 bits per heavy atom. The molecule has 2 N–H and O–H groups in total. The SMILES string of the molecule is CCCCC/C=C\C/C=C\CCCCCCCCOC(=O)CCC(=O)OCC(=O)[C@@]1(O)[C@H](C)C[C@H]2[C@@H]3CCC4=CC(=O)C=C[C@]4(C)[C@@]3(F)[C@@H](O)C[C@@]21C. The molecule has 8 atom stereocenters. The van der Waals surface area contributed by atoms with Crippen LogP contribution in [0.3, 0.4) is 0 Å². The molecule has 4 aliphatic rings. The van der Waals surface area contributed by atoms with Crippen molar-refractivity contribution in [3.8, 4) is 0 Å². The summed E-state index contributed by atoms with van der Waals surface area (Å²) in [6.45, 7) is 7.05. The number of ether oxygens (including phenoxy) is 2. The zero-order valence-corrected chi connectivity index (χ0v) is 32.7. The van der Waals surface area contributed by atoms with Gasteiger partial charge < -0.3 is 19.7 Å². The van der Waals surface area contributed by atoms with Gasteiger partial charge in [0.05, 0.1) is 25.6 Å². The predicted molar refractivity (Wildman–Crippen MR) is 203 cm³/mol. The quantitative estimate of drug-likeness (QED) is 0.0681. The summed E-state index contributed by atoms with van der Waals surface area (Å²) in [6.07, 6.45) is 26.1. The molecule has 8 nitrogen and oxygen atoms in total. The van der Waals surface area contributed by atoms with Gasteiger partial charge in [-0.1, -0.05) is 95.2 Å². The van der Waals surface area contributed by atoms with Gasteiger partial charge in [0.25, 0.3) is 0 Å². The van der Waals surface area contributed by atoms with E-state index in [1.165, 1.54) is 50.7 Å². The maximum absolute atomic E-state index is 17.4. The monoisotopic (exact) mass is 740 g/mol. The minimum absolute atomic E-state index is 0.156. The second-order valence-corrected chi connectivity index (χ2v) is 16.6. The van der Waals surface area contributed by atoms with Crippen molar-refractivity contribution in [2.75, 3.05) is 13.2 Å². The lowest BCUT2D eigenvalue weighted by Gasteiger charge is -2.62. The summed E-state index contributed by atoms with van der Waals surface area (Å²) < 4.78 is 27.9. The van der Waals surface area contributed by atoms with Crippen LogP contribution in [0.1, 0.15) is 143 Å². The molecule has 0 radical (unpaired) electrons. The lowest BCUT2D eigenvalue weighted by Crippen LogP contribution is -2.69. The van der Waals surface area contributed by atoms with Crippen LogP contribution in [-0.2, 0) is 28.7 Å². The van der Waals surface area contributed by atoms with E-state index in [1.807, 2.05) is 0 Å². The van der Waals surface area contributed by atoms with Crippen LogP contribution in [0.2, 0.25) is 0 Å². The second kappa shape index (κ2) is 19.1. The highest BCUT2D eigenvalue weighted by Gasteiger charge is 2.75. The maximum atomic E-state index is 17.4. The van der Waals surface area contributed by atoms with Crippen molar-refractivity contribution < 1.29 is 43.3 Å². The molecule has 0 unspecified atom stereocenters. The highest BCUT2D eigenvalue weighted by molar-refractivity contribution is 6.01. The van der Waals surface area contributed by atoms with Crippen molar-refractivity contribution in [1.29, 1.82) is 0 Å². The van der Waals surface area contributed by atoms with Crippen molar-refractivity contribution in [2.45, 2.75) is 161 Å². The smallest absolute Gasteiger partial charge is 0.306 e. The molecule has 0 heterocycles. The number of halogens is 1. The lowest BCUT2D eigenvalue weighted by atomic mass is 9.44. The van der Waals surface area contributed by atoms with E-state index in [4.69, 9.17) is 9.47 Å². The third kappa shape index (κ3) is 9.32. The Balaban J connectivity index is 1.12. The molecule has 53 heavy (non-hydrogen) atoms. The van der Waals surface area contributed by atoms with Gasteiger partial charge in [-0.2, -0.15) is 0 Å². The second-order valence-electron chi connectivity index (χ2n) is 16.6. The summed E-state index contributed by atoms with van der Waals surface area (Å²) in [6, 6.07) is 0. The van der Waals surface area contributed by atoms with Gasteiger partial charge in [-0.15, -0.1) is 0 Å². The van der Waals surface area contributed by atoms with Crippen LogP contribution in [-0.4, -0.2) is 64.3 Å². The number of aliphatic hydroxyl groups is 2. The number of unbranched alkanes of at least 4 members (excludes halogenated alkanes) is 9. The Morgan fingerprint density at radius 2 is 1.53 bits per heavy atom. The summed E-state index contributed by atoms with van der Waals surface area (Å²) in [7, 11) is 0. The Kier molecular flexibility index (Phi) is 15.4. The number of hydrogen-bond donors (Lipinski definition) is 2. The molecule has 3 fully saturated rings. The molecule has 0 bridgehead atoms. The number of fused-ring (bicyclic) bond motifs is 5. The molecule has 4 rings (SSSR count). The number of alkyl halides is 1. The van der Waals surface area contributed by atoms with Crippen LogP contribution in [0.4, 0.5) is 4.39 Å². The highest BCUT2D eigenvalue weighted by atomic mass is 19.1. The van der Waals surface area contributed by atoms with Crippen molar-refractivity contribution in [3.63, 3.8) is 0 Å². The van der Waals surface area contributed by atoms with Gasteiger partial charge in [0.1, 0.15) is 5.60 Å². The van der Waals surface area contributed by atoms with Crippen LogP contribution in [0.25, 0.3) is 0 Å². The number of carbonyl (C=O) groups is 4. The Morgan fingerprint density at radius 1 is 0.906 bits per heavy atom. The number of carbonyl (C=O) groups excluding carboxylic acids is 4. The number of hydrogen-bond acceptors (Lipinski definition) is 8. The van der Waals surface area contributed by atoms with E-state index in [-0.39, 0.29) is 25.0 Å². The van der Waals surface area contributed by atoms with E-state index < -0.39 is 70.3 Å². The summed E-state index contributed by atoms with van der Waals surface area (Å²) in [5, 5.41) is 23.6. The van der Waals surface area contributed by atoms with E-state index in [0.717, 1.165) is 38.5 Å². The third-order valence-electron chi connectivity index (χ3n) is 13.2. The first-order chi connectivity index (χ1) is 25.3. The van der Waals surface area contributed by atoms with Crippen molar-refractivity contribution in [2.24, 2.45) is 28.6 Å². The zero-order valence-electron chi connectivity index (χ0n) is 32.7. The third-order valence-corrected chi connectivity index (χ3v) is 13.2. The fourth-order valence-electron chi connectivity index (χ4n) is 10.0. The zero-order chi connectivity index (χ0) is 38.7. The molecule has 0 aliphatic heterocycles. The minimum atomic E-state index is -2.07. The number of aliphatic hydroxyl groups excluding tert-OH is 1. The number of rotatable bonds is 21. The highest BCUT2D eigenvalue weighted by Crippen LogP contribution is 2.70. The molecule has 4 aliphatic carbocycles. The first-order valence-electron chi connectivity index (χ1n) is 20.4. The fourth-order valence-corrected chi connectivity index (χ4v) is 10.0. The molecule has 0 saturated heterocycles. The van der Waals surface area contributed by atoms with Crippen LogP contribution in [0.15, 0.2) is 48.1 Å². The number of ketones is 2. The molecule has 9 heteroatoms. The number of allylic oxidation sites excluding steroid dienone is 8. The molecular weight excluding hydrogens is 675 g/mol. The topological polar surface area (TPSA) is 127 Å². The number of esters is 2. The summed E-state index contributed by atoms with van der Waals surface area (Å²) in [4.78, 5) is 50.5. The minimum Gasteiger partial charge on any atom is -0.466 e. The van der Waals surface area contributed by atoms with Gasteiger partial charge in [0, 0.05) is 16.7 Å². The summed E-state index contributed by atoms with van der Waals surface area (Å²) in [5.41, 5.74) is -5.69. The largest absolute Gasteiger partial charge is 0.466 e. The van der Waals surface area contributed by atoms with E-state index >= 15 is 4.39 Å². The standard InChI is InChI=1S/C44H65FO8/c1-5-6-7-8-9-10-11-12-13-14-15-16-17-18-19-20-27-52-39(49)23-24-40(50)53-31-38(48)44(51)32(2)28-36-35-22-21-33-29-34(46)25-26-41(33,3)43(35,45)37(47)30-42(36,44)4/h9-10,12-13,25-26,29,32,35-37,47,51H,5-8,11,14-24,27-28,30-31H2,1-4H3/b10-9-,13-12-/t32-,35+,36+,37+,41+,42+,43+,44+/m1/s1. The van der Waals surface area contributed by atoms with Crippen molar-refractivity contribution in [3.05, 3.63) is 48.1 Å². The average molecular weight is 741 g/mol. The first kappa shape index (κ1) is 42.8. The van der Waals surface area contributed by atoms with E-state index in [0.29, 0.717) is 31.4 Å². The molecule has 0 amide bonds. The van der Waals surface area contributed by atoms with Gasteiger partial charge in [0.2, 0.25) is 5.78 Å². The van der Waals surface area contributed by atoms with Crippen molar-refractivity contribution >= 4 is 23.5 Å². The average Bonchev–Trinajstić information content (AvgIpc) is 3.33. The molecule has 0 aromatic carbocycles. The molecule has 0 aromatic rings. The number of Topliss-reactive ketones (excluding diaryl/α,β-unsaturated/α-hetero) is 1. The van der Waals surface area contributed by atoms with Gasteiger partial charge in [0.15, 0.2) is 18.1 Å². The van der Waals surface area contributed by atoms with E-state index in [9.17, 15) is 29.4 Å². The first-order valence-corrected chi connectivity index (χ1v) is 20.4. The Labute approximate surface area is 316 Å². The summed E-state index contributed by atoms with van der Waals surface area (Å²) in [5.74, 6) is -3.77. The van der Waals surface area contributed by atoms with Crippen LogP contribution < -0.4 is 0 Å². The normalized spacial score (nSPS) is 33.4. The molecular formula is C44H65FO8. The van der Waals surface area contributed by atoms with Gasteiger partial charge >= 0.3 is 11.9 Å². The fraction of sp³-hybridized carbons (Fsp3) is 0.727. The predicted octanol–water partition coefficient (Wildman–Crippen LogP) is 8.58. The lowest BCUT2D eigenvalue weighted by molar-refractivity contribution is -0.220. The van der Waals surface area contributed by atoms with Gasteiger partial charge in [-0.3, -0.25) is 19.2 Å². The van der Waals surface area contributed by atoms with Crippen LogP contribution >= 0.6 is 0 Å². The van der Waals surface area contributed by atoms with Gasteiger partial charge in [-0.05, 0) is 95.1 Å². The summed E-state index contributed by atoms with van der Waals surface area (Å²) >= 11 is 0. The maximum Gasteiger partial charge on any atom is 0.306 e. The van der Waals surface area contributed by atoms with Crippen molar-refractivity contribution in [1.82, 2.24) is 0 Å². The van der Waals surface area contributed by atoms with Crippen LogP contribution in [0.5, 0.6) is 0 Å². The van der Waals surface area contributed by atoms with Gasteiger partial charge in [-0.25, -0.2) is 4.39 Å². The van der Waals surface area contributed by atoms with E-state index in [2.05, 4.69) is 31.2 Å². The Hall–Kier alpha value is -2.91. The molecule has 0 aromatic heterocycles. The molecule has 296 valence electrons. The Bertz CT molecular complexity index is 1420. The van der Waals surface area contributed by atoms with E-state index in [1.54, 1.807) is 26.8 Å². The van der Waals surface area contributed by atoms with Crippen LogP contribution in [0, 0.1) is 28.6 Å². The molecule has 0 spiro atoms. The molecule has 3 saturated carbocycles.